The third-order valence-electron chi connectivity index (χ3n) is 4.03. The lowest BCUT2D eigenvalue weighted by molar-refractivity contribution is 0.103. The van der Waals surface area contributed by atoms with Crippen molar-refractivity contribution in [1.82, 2.24) is 0 Å². The van der Waals surface area contributed by atoms with E-state index in [1.165, 1.54) is 21.8 Å². The zero-order valence-corrected chi connectivity index (χ0v) is 16.4. The van der Waals surface area contributed by atoms with Crippen molar-refractivity contribution in [3.05, 3.63) is 64.0 Å². The molecule has 2 heterocycles. The van der Waals surface area contributed by atoms with Crippen LogP contribution in [0.15, 0.2) is 53.4 Å². The van der Waals surface area contributed by atoms with E-state index >= 15 is 0 Å². The molecule has 0 atom stereocenters. The summed E-state index contributed by atoms with van der Waals surface area (Å²) in [5.41, 5.74) is 3.11. The van der Waals surface area contributed by atoms with E-state index in [9.17, 15) is 4.79 Å². The highest BCUT2D eigenvalue weighted by molar-refractivity contribution is 7.98. The monoisotopic (exact) mass is 401 g/mol. The van der Waals surface area contributed by atoms with Crippen LogP contribution in [0, 0.1) is 0 Å². The number of ether oxygens (including phenoxy) is 1. The number of benzene rings is 2. The number of thioether (sulfide) groups is 1. The predicted octanol–water partition coefficient (Wildman–Crippen LogP) is 6.33. The van der Waals surface area contributed by atoms with Gasteiger partial charge in [-0.05, 0) is 55.0 Å². The molecule has 0 saturated carbocycles. The molecule has 0 unspecified atom stereocenters. The second-order valence-corrected chi connectivity index (χ2v) is 8.31. The molecule has 3 nitrogen and oxygen atoms in total. The Hall–Kier alpha value is -1.95. The minimum absolute atomic E-state index is 0.0888. The number of carbonyl (C=O) groups is 1. The summed E-state index contributed by atoms with van der Waals surface area (Å²) >= 11 is 9.38. The lowest BCUT2D eigenvalue weighted by Gasteiger charge is -2.15. The number of fused-ring (bicyclic) bond motifs is 3. The van der Waals surface area contributed by atoms with Gasteiger partial charge in [-0.15, -0.1) is 23.1 Å². The maximum Gasteiger partial charge on any atom is 0.265 e. The first-order valence-corrected chi connectivity index (χ1v) is 10.4. The van der Waals surface area contributed by atoms with Crippen molar-refractivity contribution in [2.75, 3.05) is 11.9 Å². The number of rotatable bonds is 4. The normalized spacial score (nSPS) is 12.2. The first-order valence-electron chi connectivity index (χ1n) is 8.23. The summed E-state index contributed by atoms with van der Waals surface area (Å²) in [4.78, 5) is 15.7. The molecule has 2 aromatic carbocycles. The van der Waals surface area contributed by atoms with Crippen molar-refractivity contribution in [1.29, 1.82) is 0 Å². The van der Waals surface area contributed by atoms with Crippen molar-refractivity contribution in [3.8, 4) is 16.2 Å². The fraction of sp³-hybridized carbons (Fsp3) is 0.150. The molecule has 6 heteroatoms. The number of halogens is 1. The molecule has 26 heavy (non-hydrogen) atoms. The first-order chi connectivity index (χ1) is 12.6. The number of hydrogen-bond acceptors (Lipinski definition) is 4. The van der Waals surface area contributed by atoms with Crippen LogP contribution in [-0.2, 0) is 5.75 Å². The van der Waals surface area contributed by atoms with E-state index in [1.807, 2.05) is 55.5 Å². The first kappa shape index (κ1) is 17.5. The summed E-state index contributed by atoms with van der Waals surface area (Å²) < 4.78 is 5.42. The number of carbonyl (C=O) groups excluding carboxylic acids is 1. The Bertz CT molecular complexity index is 966. The van der Waals surface area contributed by atoms with Crippen LogP contribution in [0.1, 0.15) is 22.2 Å². The Morgan fingerprint density at radius 1 is 1.19 bits per heavy atom. The molecular weight excluding hydrogens is 386 g/mol. The quantitative estimate of drug-likeness (QED) is 0.555. The van der Waals surface area contributed by atoms with Crippen molar-refractivity contribution >= 4 is 46.3 Å². The zero-order chi connectivity index (χ0) is 18.1. The average Bonchev–Trinajstić information content (AvgIpc) is 3.08. The molecule has 0 spiro atoms. The van der Waals surface area contributed by atoms with Gasteiger partial charge in [0.2, 0.25) is 0 Å². The Morgan fingerprint density at radius 3 is 2.77 bits per heavy atom. The highest BCUT2D eigenvalue weighted by Gasteiger charge is 2.22. The standard InChI is InChI=1S/C20H16ClNO2S2/c1-2-24-15-6-4-14(5-7-15)22-20(23)18-9-12-11-25-17-10-13(21)3-8-16(17)19(12)26-18/h3-10H,2,11H2,1H3,(H,22,23). The summed E-state index contributed by atoms with van der Waals surface area (Å²) in [6.07, 6.45) is 0. The summed E-state index contributed by atoms with van der Waals surface area (Å²) in [7, 11) is 0. The van der Waals surface area contributed by atoms with Gasteiger partial charge < -0.3 is 10.1 Å². The second kappa shape index (κ2) is 7.35. The van der Waals surface area contributed by atoms with E-state index in [-0.39, 0.29) is 5.91 Å². The molecule has 0 radical (unpaired) electrons. The highest BCUT2D eigenvalue weighted by atomic mass is 35.5. The molecule has 0 saturated heterocycles. The smallest absolute Gasteiger partial charge is 0.265 e. The van der Waals surface area contributed by atoms with Crippen LogP contribution in [-0.4, -0.2) is 12.5 Å². The molecule has 0 bridgehead atoms. The third-order valence-corrected chi connectivity index (χ3v) is 6.58. The molecule has 1 aliphatic rings. The second-order valence-electron chi connectivity index (χ2n) is 5.81. The van der Waals surface area contributed by atoms with Gasteiger partial charge in [0, 0.05) is 31.8 Å². The molecule has 1 aliphatic heterocycles. The minimum Gasteiger partial charge on any atom is -0.494 e. The van der Waals surface area contributed by atoms with Crippen LogP contribution < -0.4 is 10.1 Å². The topological polar surface area (TPSA) is 38.3 Å². The van der Waals surface area contributed by atoms with Gasteiger partial charge in [-0.25, -0.2) is 0 Å². The highest BCUT2D eigenvalue weighted by Crippen LogP contribution is 2.46. The fourth-order valence-corrected chi connectivity index (χ4v) is 5.41. The molecule has 0 fully saturated rings. The number of anilines is 1. The van der Waals surface area contributed by atoms with Gasteiger partial charge in [-0.3, -0.25) is 4.79 Å². The maximum atomic E-state index is 12.6. The molecule has 1 aromatic heterocycles. The summed E-state index contributed by atoms with van der Waals surface area (Å²) in [6, 6.07) is 15.3. The summed E-state index contributed by atoms with van der Waals surface area (Å²) in [5.74, 6) is 1.56. The van der Waals surface area contributed by atoms with Crippen molar-refractivity contribution in [2.45, 2.75) is 17.6 Å². The Kier molecular flexibility index (Phi) is 4.94. The van der Waals surface area contributed by atoms with E-state index in [0.717, 1.165) is 32.7 Å². The third kappa shape index (κ3) is 3.47. The van der Waals surface area contributed by atoms with Crippen LogP contribution in [0.5, 0.6) is 5.75 Å². The number of nitrogens with one attached hydrogen (secondary N) is 1. The van der Waals surface area contributed by atoms with Gasteiger partial charge in [0.15, 0.2) is 0 Å². The lowest BCUT2D eigenvalue weighted by Crippen LogP contribution is -2.10. The zero-order valence-electron chi connectivity index (χ0n) is 14.0. The number of thiophene rings is 1. The molecule has 4 rings (SSSR count). The van der Waals surface area contributed by atoms with Crippen molar-refractivity contribution in [3.63, 3.8) is 0 Å². The van der Waals surface area contributed by atoms with Gasteiger partial charge in [-0.1, -0.05) is 17.7 Å². The van der Waals surface area contributed by atoms with Gasteiger partial charge >= 0.3 is 0 Å². The lowest BCUT2D eigenvalue weighted by atomic mass is 10.1. The van der Waals surface area contributed by atoms with Crippen molar-refractivity contribution in [2.24, 2.45) is 0 Å². The summed E-state index contributed by atoms with van der Waals surface area (Å²) in [5, 5.41) is 3.70. The van der Waals surface area contributed by atoms with Gasteiger partial charge in [0.25, 0.3) is 5.91 Å². The van der Waals surface area contributed by atoms with Gasteiger partial charge in [0.1, 0.15) is 5.75 Å². The maximum absolute atomic E-state index is 12.6. The Labute approximate surface area is 165 Å². The van der Waals surface area contributed by atoms with E-state index in [1.54, 1.807) is 11.8 Å². The molecule has 3 aromatic rings. The SMILES string of the molecule is CCOc1ccc(NC(=O)c2cc3c(s2)-c2ccc(Cl)cc2SC3)cc1. The fourth-order valence-electron chi connectivity index (χ4n) is 2.83. The predicted molar refractivity (Wildman–Crippen MR) is 110 cm³/mol. The Morgan fingerprint density at radius 2 is 2.00 bits per heavy atom. The Balaban J connectivity index is 1.56. The minimum atomic E-state index is -0.0888. The molecule has 0 aliphatic carbocycles. The number of amides is 1. The van der Waals surface area contributed by atoms with E-state index < -0.39 is 0 Å². The number of hydrogen-bond donors (Lipinski definition) is 1. The van der Waals surface area contributed by atoms with E-state index in [2.05, 4.69) is 5.32 Å². The molecule has 1 N–H and O–H groups in total. The largest absolute Gasteiger partial charge is 0.494 e. The van der Waals surface area contributed by atoms with Crippen LogP contribution in [0.4, 0.5) is 5.69 Å². The van der Waals surface area contributed by atoms with Gasteiger partial charge in [-0.2, -0.15) is 0 Å². The van der Waals surface area contributed by atoms with Crippen LogP contribution in [0.2, 0.25) is 5.02 Å². The summed E-state index contributed by atoms with van der Waals surface area (Å²) in [6.45, 7) is 2.57. The van der Waals surface area contributed by atoms with E-state index in [4.69, 9.17) is 16.3 Å². The van der Waals surface area contributed by atoms with E-state index in [0.29, 0.717) is 11.5 Å². The molecular formula is C20H16ClNO2S2. The van der Waals surface area contributed by atoms with Crippen molar-refractivity contribution < 1.29 is 9.53 Å². The average molecular weight is 402 g/mol. The van der Waals surface area contributed by atoms with Crippen LogP contribution >= 0.6 is 34.7 Å². The van der Waals surface area contributed by atoms with Gasteiger partial charge in [0.05, 0.1) is 11.5 Å². The molecule has 1 amide bonds. The van der Waals surface area contributed by atoms with Crippen LogP contribution in [0.25, 0.3) is 10.4 Å². The van der Waals surface area contributed by atoms with Crippen LogP contribution in [0.3, 0.4) is 0 Å². The molecule has 132 valence electrons.